The predicted octanol–water partition coefficient (Wildman–Crippen LogP) is 1.73. The molecule has 0 spiro atoms. The lowest BCUT2D eigenvalue weighted by Crippen LogP contribution is -2.43. The quantitative estimate of drug-likeness (QED) is 0.860. The van der Waals surface area contributed by atoms with Crippen LogP contribution in [0.2, 0.25) is 0 Å². The average Bonchev–Trinajstić information content (AvgIpc) is 2.48. The molecular weight excluding hydrogens is 252 g/mol. The van der Waals surface area contributed by atoms with E-state index in [9.17, 15) is 4.79 Å². The Bertz CT molecular complexity index is 426. The minimum Gasteiger partial charge on any atom is -0.387 e. The molecule has 1 unspecified atom stereocenters. The van der Waals surface area contributed by atoms with Gasteiger partial charge in [-0.1, -0.05) is 6.42 Å². The lowest BCUT2D eigenvalue weighted by Gasteiger charge is -2.29. The van der Waals surface area contributed by atoms with Crippen molar-refractivity contribution in [1.82, 2.24) is 15.2 Å². The largest absolute Gasteiger partial charge is 0.387 e. The highest BCUT2D eigenvalue weighted by molar-refractivity contribution is 5.92. The van der Waals surface area contributed by atoms with Crippen molar-refractivity contribution in [3.05, 3.63) is 24.0 Å². The summed E-state index contributed by atoms with van der Waals surface area (Å²) in [5.41, 5.74) is 1.37. The van der Waals surface area contributed by atoms with Gasteiger partial charge >= 0.3 is 0 Å². The maximum Gasteiger partial charge on any atom is 0.270 e. The van der Waals surface area contributed by atoms with Gasteiger partial charge in [0.25, 0.3) is 5.91 Å². The maximum absolute atomic E-state index is 12.1. The van der Waals surface area contributed by atoms with E-state index in [0.29, 0.717) is 5.69 Å². The van der Waals surface area contributed by atoms with Gasteiger partial charge < -0.3 is 15.5 Å². The third-order valence-corrected chi connectivity index (χ3v) is 3.64. The minimum atomic E-state index is -0.0998. The van der Waals surface area contributed by atoms with Gasteiger partial charge in [-0.3, -0.25) is 4.79 Å². The van der Waals surface area contributed by atoms with E-state index >= 15 is 0 Å². The Morgan fingerprint density at radius 1 is 1.35 bits per heavy atom. The summed E-state index contributed by atoms with van der Waals surface area (Å²) in [4.78, 5) is 18.7. The van der Waals surface area contributed by atoms with Gasteiger partial charge in [0.15, 0.2) is 0 Å². The molecule has 2 N–H and O–H groups in total. The Balaban J connectivity index is 1.82. The number of aromatic nitrogens is 1. The molecule has 1 saturated heterocycles. The molecule has 5 heteroatoms. The molecule has 1 atom stereocenters. The molecule has 1 aromatic rings. The molecule has 0 radical (unpaired) electrons. The molecule has 110 valence electrons. The number of likely N-dealkylation sites (tertiary alicyclic amines) is 1. The van der Waals surface area contributed by atoms with Crippen LogP contribution in [0.4, 0.5) is 5.69 Å². The van der Waals surface area contributed by atoms with Gasteiger partial charge in [0.2, 0.25) is 0 Å². The maximum atomic E-state index is 12.1. The summed E-state index contributed by atoms with van der Waals surface area (Å²) in [5, 5.41) is 6.00. The van der Waals surface area contributed by atoms with E-state index in [2.05, 4.69) is 27.4 Å². The standard InChI is InChI=1S/C15H24N4O/c1-12(11-19-8-4-3-5-9-19)18-15(20)14-7-6-13(16-2)10-17-14/h6-7,10,12,16H,3-5,8-9,11H2,1-2H3,(H,18,20). The van der Waals surface area contributed by atoms with E-state index in [1.807, 2.05) is 13.1 Å². The van der Waals surface area contributed by atoms with E-state index in [-0.39, 0.29) is 11.9 Å². The third kappa shape index (κ3) is 4.20. The number of carbonyl (C=O) groups is 1. The van der Waals surface area contributed by atoms with Crippen LogP contribution in [-0.4, -0.2) is 48.5 Å². The lowest BCUT2D eigenvalue weighted by molar-refractivity contribution is 0.0920. The van der Waals surface area contributed by atoms with E-state index in [4.69, 9.17) is 0 Å². The van der Waals surface area contributed by atoms with Crippen molar-refractivity contribution in [2.24, 2.45) is 0 Å². The fourth-order valence-electron chi connectivity index (χ4n) is 2.55. The number of piperidine rings is 1. The summed E-state index contributed by atoms with van der Waals surface area (Å²) < 4.78 is 0. The lowest BCUT2D eigenvalue weighted by atomic mass is 10.1. The number of pyridine rings is 1. The minimum absolute atomic E-state index is 0.0998. The van der Waals surface area contributed by atoms with Gasteiger partial charge in [-0.05, 0) is 45.0 Å². The zero-order chi connectivity index (χ0) is 14.4. The van der Waals surface area contributed by atoms with Crippen molar-refractivity contribution in [3.63, 3.8) is 0 Å². The molecule has 1 fully saturated rings. The summed E-state index contributed by atoms with van der Waals surface area (Å²) >= 11 is 0. The molecule has 2 rings (SSSR count). The molecule has 1 amide bonds. The van der Waals surface area contributed by atoms with Crippen LogP contribution in [0, 0.1) is 0 Å². The van der Waals surface area contributed by atoms with Gasteiger partial charge in [0.1, 0.15) is 5.69 Å². The van der Waals surface area contributed by atoms with Crippen LogP contribution in [0.5, 0.6) is 0 Å². The normalized spacial score (nSPS) is 17.5. The molecule has 1 aliphatic rings. The number of nitrogens with zero attached hydrogens (tertiary/aromatic N) is 2. The van der Waals surface area contributed by atoms with Crippen molar-refractivity contribution in [3.8, 4) is 0 Å². The zero-order valence-corrected chi connectivity index (χ0v) is 12.4. The number of hydrogen-bond acceptors (Lipinski definition) is 4. The van der Waals surface area contributed by atoms with E-state index in [1.54, 1.807) is 12.3 Å². The van der Waals surface area contributed by atoms with Crippen LogP contribution in [0.15, 0.2) is 18.3 Å². The molecule has 0 saturated carbocycles. The summed E-state index contributed by atoms with van der Waals surface area (Å²) in [6.45, 7) is 5.26. The fourth-order valence-corrected chi connectivity index (χ4v) is 2.55. The monoisotopic (exact) mass is 276 g/mol. The number of rotatable bonds is 5. The molecule has 0 aliphatic carbocycles. The first kappa shape index (κ1) is 14.8. The third-order valence-electron chi connectivity index (χ3n) is 3.64. The van der Waals surface area contributed by atoms with Gasteiger partial charge in [0.05, 0.1) is 11.9 Å². The number of nitrogens with one attached hydrogen (secondary N) is 2. The van der Waals surface area contributed by atoms with Crippen LogP contribution >= 0.6 is 0 Å². The van der Waals surface area contributed by atoms with Crippen molar-refractivity contribution in [1.29, 1.82) is 0 Å². The highest BCUT2D eigenvalue weighted by Crippen LogP contribution is 2.09. The first-order chi connectivity index (χ1) is 9.69. The van der Waals surface area contributed by atoms with Crippen LogP contribution in [0.1, 0.15) is 36.7 Å². The van der Waals surface area contributed by atoms with Gasteiger partial charge in [-0.15, -0.1) is 0 Å². The average molecular weight is 276 g/mol. The molecule has 0 aromatic carbocycles. The second-order valence-corrected chi connectivity index (χ2v) is 5.42. The summed E-state index contributed by atoms with van der Waals surface area (Å²) in [6, 6.07) is 3.75. The SMILES string of the molecule is CNc1ccc(C(=O)NC(C)CN2CCCCC2)nc1. The zero-order valence-electron chi connectivity index (χ0n) is 12.4. The first-order valence-corrected chi connectivity index (χ1v) is 7.36. The van der Waals surface area contributed by atoms with Gasteiger partial charge in [-0.25, -0.2) is 4.98 Å². The number of amides is 1. The number of hydrogen-bond donors (Lipinski definition) is 2. The first-order valence-electron chi connectivity index (χ1n) is 7.36. The van der Waals surface area contributed by atoms with Crippen LogP contribution in [0.25, 0.3) is 0 Å². The topological polar surface area (TPSA) is 57.3 Å². The molecule has 1 aliphatic heterocycles. The molecule has 5 nitrogen and oxygen atoms in total. The Kier molecular flexibility index (Phi) is 5.35. The van der Waals surface area contributed by atoms with Crippen LogP contribution in [0.3, 0.4) is 0 Å². The Labute approximate surface area is 120 Å². The summed E-state index contributed by atoms with van der Waals surface area (Å²) in [6.07, 6.45) is 5.55. The number of anilines is 1. The van der Waals surface area contributed by atoms with Crippen molar-refractivity contribution < 1.29 is 4.79 Å². The Hall–Kier alpha value is -1.62. The summed E-state index contributed by atoms with van der Waals surface area (Å²) in [5.74, 6) is -0.0998. The molecule has 20 heavy (non-hydrogen) atoms. The second-order valence-electron chi connectivity index (χ2n) is 5.42. The highest BCUT2D eigenvalue weighted by Gasteiger charge is 2.16. The molecule has 2 heterocycles. The smallest absolute Gasteiger partial charge is 0.270 e. The molecule has 0 bridgehead atoms. The number of carbonyl (C=O) groups excluding carboxylic acids is 1. The molecule has 1 aromatic heterocycles. The fraction of sp³-hybridized carbons (Fsp3) is 0.600. The summed E-state index contributed by atoms with van der Waals surface area (Å²) in [7, 11) is 1.83. The van der Waals surface area contributed by atoms with Crippen molar-refractivity contribution in [2.45, 2.75) is 32.2 Å². The molecular formula is C15H24N4O. The van der Waals surface area contributed by atoms with E-state index in [0.717, 1.165) is 25.3 Å². The van der Waals surface area contributed by atoms with Crippen molar-refractivity contribution >= 4 is 11.6 Å². The van der Waals surface area contributed by atoms with Gasteiger partial charge in [0, 0.05) is 19.6 Å². The van der Waals surface area contributed by atoms with Gasteiger partial charge in [-0.2, -0.15) is 0 Å². The van der Waals surface area contributed by atoms with Crippen LogP contribution in [-0.2, 0) is 0 Å². The van der Waals surface area contributed by atoms with Crippen molar-refractivity contribution in [2.75, 3.05) is 32.0 Å². The second kappa shape index (κ2) is 7.24. The van der Waals surface area contributed by atoms with E-state index < -0.39 is 0 Å². The predicted molar refractivity (Wildman–Crippen MR) is 81.0 cm³/mol. The van der Waals surface area contributed by atoms with E-state index in [1.165, 1.54) is 19.3 Å². The highest BCUT2D eigenvalue weighted by atomic mass is 16.1. The Morgan fingerprint density at radius 3 is 2.70 bits per heavy atom. The Morgan fingerprint density at radius 2 is 2.10 bits per heavy atom. The van der Waals surface area contributed by atoms with Crippen LogP contribution < -0.4 is 10.6 Å².